The maximum atomic E-state index is 13.0. The van der Waals surface area contributed by atoms with Gasteiger partial charge in [0.15, 0.2) is 11.6 Å². The van der Waals surface area contributed by atoms with E-state index in [0.717, 1.165) is 0 Å². The molecule has 1 rings (SSSR count). The number of nitrogens with zero attached hydrogens (tertiary/aromatic N) is 1. The van der Waals surface area contributed by atoms with Gasteiger partial charge in [-0.05, 0) is 13.0 Å². The van der Waals surface area contributed by atoms with Crippen molar-refractivity contribution in [1.29, 1.82) is 0 Å². The summed E-state index contributed by atoms with van der Waals surface area (Å²) in [5, 5.41) is 10.7. The van der Waals surface area contributed by atoms with Crippen LogP contribution < -0.4 is 0 Å². The summed E-state index contributed by atoms with van der Waals surface area (Å²) in [6.07, 6.45) is 2.36. The van der Waals surface area contributed by atoms with Crippen molar-refractivity contribution >= 4 is 17.7 Å². The van der Waals surface area contributed by atoms with Gasteiger partial charge in [0, 0.05) is 0 Å². The average Bonchev–Trinajstić information content (AvgIpc) is 2.33. The normalized spacial score (nSPS) is 10.7. The van der Waals surface area contributed by atoms with Crippen molar-refractivity contribution in [3.8, 4) is 0 Å². The first-order chi connectivity index (χ1) is 8.95. The quantitative estimate of drug-likeness (QED) is 0.469. The second-order valence-electron chi connectivity index (χ2n) is 3.49. The number of halogens is 2. The molecule has 0 aliphatic carbocycles. The molecule has 0 aliphatic heterocycles. The number of carbonyl (C=O) groups excluding carboxylic acids is 1. The maximum Gasteiger partial charge on any atom is 0.309 e. The highest BCUT2D eigenvalue weighted by Crippen LogP contribution is 2.23. The van der Waals surface area contributed by atoms with Crippen molar-refractivity contribution in [2.24, 2.45) is 0 Å². The summed E-state index contributed by atoms with van der Waals surface area (Å²) in [6.45, 7) is 1.86. The fourth-order valence-electron chi connectivity index (χ4n) is 1.35. The largest absolute Gasteiger partial charge is 0.466 e. The fourth-order valence-corrected chi connectivity index (χ4v) is 1.35. The smallest absolute Gasteiger partial charge is 0.309 e. The molecule has 1 aromatic carbocycles. The van der Waals surface area contributed by atoms with Gasteiger partial charge in [0.05, 0.1) is 29.6 Å². The first-order valence-electron chi connectivity index (χ1n) is 5.41. The number of hydrogen-bond donors (Lipinski definition) is 0. The van der Waals surface area contributed by atoms with E-state index in [2.05, 4.69) is 4.74 Å². The van der Waals surface area contributed by atoms with Crippen molar-refractivity contribution in [2.45, 2.75) is 13.3 Å². The summed E-state index contributed by atoms with van der Waals surface area (Å²) in [7, 11) is 0. The molecule has 0 heterocycles. The highest BCUT2D eigenvalue weighted by molar-refractivity contribution is 5.73. The highest BCUT2D eigenvalue weighted by atomic mass is 19.2. The maximum absolute atomic E-state index is 13.0. The molecule has 0 amide bonds. The molecular weight excluding hydrogens is 260 g/mol. The van der Waals surface area contributed by atoms with E-state index in [-0.39, 0.29) is 18.6 Å². The third-order valence-corrected chi connectivity index (χ3v) is 2.15. The van der Waals surface area contributed by atoms with Crippen LogP contribution in [0.5, 0.6) is 0 Å². The Morgan fingerprint density at radius 2 is 2.05 bits per heavy atom. The third kappa shape index (κ3) is 4.13. The molecule has 0 aromatic heterocycles. The van der Waals surface area contributed by atoms with Gasteiger partial charge in [-0.1, -0.05) is 12.2 Å². The van der Waals surface area contributed by atoms with Crippen LogP contribution in [0.2, 0.25) is 0 Å². The molecule has 0 bridgehead atoms. The molecule has 1 aromatic rings. The zero-order valence-electron chi connectivity index (χ0n) is 10.1. The SMILES string of the molecule is CCOC(=O)CC=Cc1cc(F)c(F)cc1[N+](=O)[O-]. The molecule has 0 unspecified atom stereocenters. The Bertz CT molecular complexity index is 529. The van der Waals surface area contributed by atoms with Crippen molar-refractivity contribution < 1.29 is 23.2 Å². The van der Waals surface area contributed by atoms with Gasteiger partial charge in [-0.15, -0.1) is 0 Å². The lowest BCUT2D eigenvalue weighted by molar-refractivity contribution is -0.385. The minimum Gasteiger partial charge on any atom is -0.466 e. The standard InChI is InChI=1S/C12H11F2NO4/c1-2-19-12(16)5-3-4-8-6-9(13)10(14)7-11(8)15(17)18/h3-4,6-7H,2,5H2,1H3. The van der Waals surface area contributed by atoms with E-state index in [1.807, 2.05) is 0 Å². The van der Waals surface area contributed by atoms with Crippen LogP contribution in [0.3, 0.4) is 0 Å². The van der Waals surface area contributed by atoms with Crippen LogP contribution in [-0.2, 0) is 9.53 Å². The fraction of sp³-hybridized carbons (Fsp3) is 0.250. The molecule has 0 spiro atoms. The first-order valence-corrected chi connectivity index (χ1v) is 5.41. The predicted molar refractivity (Wildman–Crippen MR) is 63.3 cm³/mol. The topological polar surface area (TPSA) is 69.4 Å². The zero-order valence-corrected chi connectivity index (χ0v) is 10.1. The van der Waals surface area contributed by atoms with Gasteiger partial charge < -0.3 is 4.74 Å². The van der Waals surface area contributed by atoms with Crippen molar-refractivity contribution in [2.75, 3.05) is 6.61 Å². The number of esters is 1. The molecule has 7 heteroatoms. The summed E-state index contributed by atoms with van der Waals surface area (Å²) < 4.78 is 30.5. The molecule has 0 fully saturated rings. The lowest BCUT2D eigenvalue weighted by Gasteiger charge is -2.00. The summed E-state index contributed by atoms with van der Waals surface area (Å²) in [5.41, 5.74) is -0.688. The number of ether oxygens (including phenoxy) is 1. The molecule has 0 N–H and O–H groups in total. The van der Waals surface area contributed by atoms with E-state index < -0.39 is 28.2 Å². The van der Waals surface area contributed by atoms with E-state index in [0.29, 0.717) is 12.1 Å². The first kappa shape index (κ1) is 14.7. The summed E-state index contributed by atoms with van der Waals surface area (Å²) >= 11 is 0. The molecule has 5 nitrogen and oxygen atoms in total. The van der Waals surface area contributed by atoms with Gasteiger partial charge in [-0.2, -0.15) is 0 Å². The molecule has 102 valence electrons. The average molecular weight is 271 g/mol. The van der Waals surface area contributed by atoms with Crippen LogP contribution in [-0.4, -0.2) is 17.5 Å². The third-order valence-electron chi connectivity index (χ3n) is 2.15. The van der Waals surface area contributed by atoms with E-state index in [9.17, 15) is 23.7 Å². The van der Waals surface area contributed by atoms with E-state index in [1.165, 1.54) is 12.2 Å². The van der Waals surface area contributed by atoms with Crippen molar-refractivity contribution in [3.63, 3.8) is 0 Å². The molecule has 0 radical (unpaired) electrons. The number of nitro groups is 1. The van der Waals surface area contributed by atoms with Crippen LogP contribution in [0, 0.1) is 21.7 Å². The Kier molecular flexibility index (Phi) is 5.11. The minimum atomic E-state index is -1.30. The van der Waals surface area contributed by atoms with E-state index in [4.69, 9.17) is 0 Å². The van der Waals surface area contributed by atoms with Gasteiger partial charge in [0.25, 0.3) is 5.69 Å². The number of hydrogen-bond acceptors (Lipinski definition) is 4. The number of rotatable bonds is 5. The summed E-state index contributed by atoms with van der Waals surface area (Å²) in [6, 6.07) is 1.20. The molecule has 0 saturated carbocycles. The van der Waals surface area contributed by atoms with Gasteiger partial charge in [-0.3, -0.25) is 14.9 Å². The van der Waals surface area contributed by atoms with Gasteiger partial charge >= 0.3 is 5.97 Å². The van der Waals surface area contributed by atoms with Crippen molar-refractivity contribution in [3.05, 3.63) is 45.5 Å². The van der Waals surface area contributed by atoms with Gasteiger partial charge in [-0.25, -0.2) is 8.78 Å². The summed E-state index contributed by atoms with van der Waals surface area (Å²) in [5.74, 6) is -3.00. The number of carbonyl (C=O) groups is 1. The minimum absolute atomic E-state index is 0.107. The zero-order chi connectivity index (χ0) is 14.4. The van der Waals surface area contributed by atoms with Gasteiger partial charge in [0.2, 0.25) is 0 Å². The Labute approximate surface area is 107 Å². The monoisotopic (exact) mass is 271 g/mol. The Morgan fingerprint density at radius 3 is 2.63 bits per heavy atom. The molecular formula is C12H11F2NO4. The Balaban J connectivity index is 2.93. The van der Waals surface area contributed by atoms with Crippen LogP contribution in [0.4, 0.5) is 14.5 Å². The lowest BCUT2D eigenvalue weighted by atomic mass is 10.1. The highest BCUT2D eigenvalue weighted by Gasteiger charge is 2.16. The molecule has 0 saturated heterocycles. The van der Waals surface area contributed by atoms with Crippen LogP contribution in [0.15, 0.2) is 18.2 Å². The Morgan fingerprint density at radius 1 is 1.42 bits per heavy atom. The molecule has 19 heavy (non-hydrogen) atoms. The summed E-state index contributed by atoms with van der Waals surface area (Å²) in [4.78, 5) is 20.9. The second-order valence-corrected chi connectivity index (χ2v) is 3.49. The van der Waals surface area contributed by atoms with Crippen molar-refractivity contribution in [1.82, 2.24) is 0 Å². The number of benzene rings is 1. The van der Waals surface area contributed by atoms with Crippen LogP contribution in [0.25, 0.3) is 6.08 Å². The van der Waals surface area contributed by atoms with Crippen LogP contribution >= 0.6 is 0 Å². The Hall–Kier alpha value is -2.31. The second kappa shape index (κ2) is 6.58. The lowest BCUT2D eigenvalue weighted by Crippen LogP contribution is -2.01. The molecule has 0 aliphatic rings. The number of nitro benzene ring substituents is 1. The van der Waals surface area contributed by atoms with Gasteiger partial charge in [0.1, 0.15) is 0 Å². The molecule has 0 atom stereocenters. The van der Waals surface area contributed by atoms with E-state index in [1.54, 1.807) is 6.92 Å². The predicted octanol–water partition coefficient (Wildman–Crippen LogP) is 2.84. The van der Waals surface area contributed by atoms with Crippen LogP contribution in [0.1, 0.15) is 18.9 Å². The van der Waals surface area contributed by atoms with E-state index >= 15 is 0 Å².